The van der Waals surface area contributed by atoms with Gasteiger partial charge in [-0.05, 0) is 25.0 Å². The van der Waals surface area contributed by atoms with Crippen LogP contribution < -0.4 is 0 Å². The molecule has 1 heterocycles. The van der Waals surface area contributed by atoms with Gasteiger partial charge in [-0.25, -0.2) is 0 Å². The van der Waals surface area contributed by atoms with Crippen LogP contribution in [0.4, 0.5) is 0 Å². The van der Waals surface area contributed by atoms with Gasteiger partial charge in [-0.3, -0.25) is 4.98 Å². The Hall–Kier alpha value is -1.11. The SMILES string of the molecule is Cc1ccc2c(n1)C(C)CC=C2. The van der Waals surface area contributed by atoms with E-state index in [1.807, 2.05) is 6.92 Å². The van der Waals surface area contributed by atoms with Gasteiger partial charge in [-0.2, -0.15) is 0 Å². The predicted octanol–water partition coefficient (Wildman–Crippen LogP) is 2.91. The van der Waals surface area contributed by atoms with E-state index in [2.05, 4.69) is 36.2 Å². The van der Waals surface area contributed by atoms with Crippen molar-refractivity contribution >= 4 is 6.08 Å². The second kappa shape index (κ2) is 2.74. The summed E-state index contributed by atoms with van der Waals surface area (Å²) in [6.45, 7) is 4.28. The first-order valence-electron chi connectivity index (χ1n) is 4.41. The van der Waals surface area contributed by atoms with Crippen molar-refractivity contribution in [1.82, 2.24) is 4.98 Å². The molecule has 0 fully saturated rings. The zero-order chi connectivity index (χ0) is 8.55. The molecule has 0 N–H and O–H groups in total. The van der Waals surface area contributed by atoms with Gasteiger partial charge < -0.3 is 0 Å². The molecule has 0 radical (unpaired) electrons. The standard InChI is InChI=1S/C11H13N/c1-8-4-3-5-10-7-6-9(2)12-11(8)10/h3,5-8H,4H2,1-2H3. The molecule has 1 atom stereocenters. The number of pyridine rings is 1. The van der Waals surface area contributed by atoms with E-state index in [1.165, 1.54) is 11.3 Å². The van der Waals surface area contributed by atoms with Crippen molar-refractivity contribution in [1.29, 1.82) is 0 Å². The highest BCUT2D eigenvalue weighted by Gasteiger charge is 2.13. The fraction of sp³-hybridized carbons (Fsp3) is 0.364. The summed E-state index contributed by atoms with van der Waals surface area (Å²) in [4.78, 5) is 4.54. The Balaban J connectivity index is 2.56. The van der Waals surface area contributed by atoms with Crippen LogP contribution in [0, 0.1) is 6.92 Å². The highest BCUT2D eigenvalue weighted by atomic mass is 14.7. The molecular weight excluding hydrogens is 146 g/mol. The fourth-order valence-corrected chi connectivity index (χ4v) is 1.63. The van der Waals surface area contributed by atoms with Gasteiger partial charge in [0, 0.05) is 11.6 Å². The number of nitrogens with zero attached hydrogens (tertiary/aromatic N) is 1. The smallest absolute Gasteiger partial charge is 0.0510 e. The zero-order valence-electron chi connectivity index (χ0n) is 7.54. The largest absolute Gasteiger partial charge is 0.257 e. The molecule has 0 saturated heterocycles. The van der Waals surface area contributed by atoms with Crippen LogP contribution in [-0.2, 0) is 0 Å². The Labute approximate surface area is 73.1 Å². The molecule has 1 heteroatoms. The number of fused-ring (bicyclic) bond motifs is 1. The highest BCUT2D eigenvalue weighted by Crippen LogP contribution is 2.27. The first-order valence-corrected chi connectivity index (χ1v) is 4.41. The van der Waals surface area contributed by atoms with Gasteiger partial charge in [0.2, 0.25) is 0 Å². The number of hydrogen-bond donors (Lipinski definition) is 0. The van der Waals surface area contributed by atoms with Crippen molar-refractivity contribution in [3.8, 4) is 0 Å². The van der Waals surface area contributed by atoms with Crippen molar-refractivity contribution < 1.29 is 0 Å². The molecule has 62 valence electrons. The molecule has 1 nitrogen and oxygen atoms in total. The van der Waals surface area contributed by atoms with E-state index in [0.29, 0.717) is 5.92 Å². The highest BCUT2D eigenvalue weighted by molar-refractivity contribution is 5.55. The van der Waals surface area contributed by atoms with E-state index in [-0.39, 0.29) is 0 Å². The van der Waals surface area contributed by atoms with E-state index in [4.69, 9.17) is 0 Å². The van der Waals surface area contributed by atoms with E-state index >= 15 is 0 Å². The molecule has 0 bridgehead atoms. The summed E-state index contributed by atoms with van der Waals surface area (Å²) in [6.07, 6.45) is 5.52. The summed E-state index contributed by atoms with van der Waals surface area (Å²) in [7, 11) is 0. The van der Waals surface area contributed by atoms with Crippen molar-refractivity contribution in [2.45, 2.75) is 26.2 Å². The van der Waals surface area contributed by atoms with Crippen molar-refractivity contribution in [3.05, 3.63) is 35.2 Å². The Morgan fingerprint density at radius 2 is 2.25 bits per heavy atom. The minimum Gasteiger partial charge on any atom is -0.257 e. The van der Waals surface area contributed by atoms with E-state index in [0.717, 1.165) is 12.1 Å². The summed E-state index contributed by atoms with van der Waals surface area (Å²) in [5, 5.41) is 0. The molecule has 2 rings (SSSR count). The first kappa shape index (κ1) is 7.53. The number of aryl methyl sites for hydroxylation is 1. The van der Waals surface area contributed by atoms with Crippen LogP contribution in [0.25, 0.3) is 6.08 Å². The zero-order valence-corrected chi connectivity index (χ0v) is 7.54. The average molecular weight is 159 g/mol. The predicted molar refractivity (Wildman–Crippen MR) is 51.0 cm³/mol. The van der Waals surface area contributed by atoms with Gasteiger partial charge in [0.1, 0.15) is 0 Å². The summed E-state index contributed by atoms with van der Waals surface area (Å²) in [5.74, 6) is 0.588. The molecule has 1 aromatic rings. The van der Waals surface area contributed by atoms with Crippen LogP contribution in [-0.4, -0.2) is 4.98 Å². The third-order valence-electron chi connectivity index (χ3n) is 2.35. The minimum absolute atomic E-state index is 0.588. The number of aromatic nitrogens is 1. The number of hydrogen-bond acceptors (Lipinski definition) is 1. The van der Waals surface area contributed by atoms with E-state index in [1.54, 1.807) is 0 Å². The molecule has 0 aliphatic heterocycles. The van der Waals surface area contributed by atoms with E-state index < -0.39 is 0 Å². The Bertz CT molecular complexity index is 326. The monoisotopic (exact) mass is 159 g/mol. The maximum absolute atomic E-state index is 4.54. The van der Waals surface area contributed by atoms with Crippen LogP contribution in [0.15, 0.2) is 18.2 Å². The topological polar surface area (TPSA) is 12.9 Å². The molecule has 0 aromatic carbocycles. The lowest BCUT2D eigenvalue weighted by molar-refractivity contribution is 0.735. The maximum Gasteiger partial charge on any atom is 0.0510 e. The van der Waals surface area contributed by atoms with Crippen LogP contribution in [0.5, 0.6) is 0 Å². The molecule has 0 spiro atoms. The van der Waals surface area contributed by atoms with Crippen LogP contribution in [0.3, 0.4) is 0 Å². The molecular formula is C11H13N. The van der Waals surface area contributed by atoms with Gasteiger partial charge in [0.25, 0.3) is 0 Å². The molecule has 1 aliphatic carbocycles. The second-order valence-electron chi connectivity index (χ2n) is 3.47. The van der Waals surface area contributed by atoms with Gasteiger partial charge in [-0.1, -0.05) is 25.1 Å². The third kappa shape index (κ3) is 1.15. The Morgan fingerprint density at radius 3 is 3.08 bits per heavy atom. The molecule has 12 heavy (non-hydrogen) atoms. The Kier molecular flexibility index (Phi) is 1.72. The molecule has 1 unspecified atom stereocenters. The number of allylic oxidation sites excluding steroid dienone is 1. The first-order chi connectivity index (χ1) is 5.77. The van der Waals surface area contributed by atoms with Crippen molar-refractivity contribution in [3.63, 3.8) is 0 Å². The van der Waals surface area contributed by atoms with Crippen molar-refractivity contribution in [2.24, 2.45) is 0 Å². The third-order valence-corrected chi connectivity index (χ3v) is 2.35. The van der Waals surface area contributed by atoms with Crippen molar-refractivity contribution in [2.75, 3.05) is 0 Å². The van der Waals surface area contributed by atoms with Gasteiger partial charge in [-0.15, -0.1) is 0 Å². The summed E-state index contributed by atoms with van der Waals surface area (Å²) in [6, 6.07) is 4.23. The summed E-state index contributed by atoms with van der Waals surface area (Å²) in [5.41, 5.74) is 3.67. The summed E-state index contributed by atoms with van der Waals surface area (Å²) >= 11 is 0. The molecule has 1 aliphatic rings. The molecule has 1 aromatic heterocycles. The van der Waals surface area contributed by atoms with Crippen LogP contribution in [0.2, 0.25) is 0 Å². The van der Waals surface area contributed by atoms with Crippen LogP contribution in [0.1, 0.15) is 36.2 Å². The van der Waals surface area contributed by atoms with Gasteiger partial charge in [0.15, 0.2) is 0 Å². The summed E-state index contributed by atoms with van der Waals surface area (Å²) < 4.78 is 0. The number of rotatable bonds is 0. The van der Waals surface area contributed by atoms with Crippen LogP contribution >= 0.6 is 0 Å². The lowest BCUT2D eigenvalue weighted by Gasteiger charge is -2.16. The lowest BCUT2D eigenvalue weighted by Crippen LogP contribution is -2.03. The maximum atomic E-state index is 4.54. The normalized spacial score (nSPS) is 20.7. The average Bonchev–Trinajstić information content (AvgIpc) is 2.07. The van der Waals surface area contributed by atoms with Gasteiger partial charge in [0.05, 0.1) is 5.69 Å². The quantitative estimate of drug-likeness (QED) is 0.567. The lowest BCUT2D eigenvalue weighted by atomic mass is 9.93. The molecule has 0 amide bonds. The minimum atomic E-state index is 0.588. The van der Waals surface area contributed by atoms with Gasteiger partial charge >= 0.3 is 0 Å². The van der Waals surface area contributed by atoms with E-state index in [9.17, 15) is 0 Å². The Morgan fingerprint density at radius 1 is 1.42 bits per heavy atom. The fourth-order valence-electron chi connectivity index (χ4n) is 1.63. The second-order valence-corrected chi connectivity index (χ2v) is 3.47. The molecule has 0 saturated carbocycles.